The van der Waals surface area contributed by atoms with Crippen molar-refractivity contribution < 1.29 is 8.78 Å². The van der Waals surface area contributed by atoms with Crippen LogP contribution in [0.3, 0.4) is 0 Å². The van der Waals surface area contributed by atoms with E-state index in [1.807, 2.05) is 6.92 Å². The fourth-order valence-corrected chi connectivity index (χ4v) is 1.84. The van der Waals surface area contributed by atoms with Crippen molar-refractivity contribution in [3.05, 3.63) is 46.9 Å². The molecular weight excluding hydrogens is 258 g/mol. The van der Waals surface area contributed by atoms with Crippen LogP contribution in [0.15, 0.2) is 24.3 Å². The minimum absolute atomic E-state index is 0.0941. The van der Waals surface area contributed by atoms with Crippen LogP contribution in [0.4, 0.5) is 8.78 Å². The Hall–Kier alpha value is -1.55. The van der Waals surface area contributed by atoms with E-state index < -0.39 is 11.6 Å². The first-order valence-electron chi connectivity index (χ1n) is 5.59. The van der Waals surface area contributed by atoms with Crippen LogP contribution in [0, 0.1) is 11.6 Å². The summed E-state index contributed by atoms with van der Waals surface area (Å²) in [5, 5.41) is 0.229. The Morgan fingerprint density at radius 1 is 1.22 bits per heavy atom. The molecule has 0 aliphatic carbocycles. The van der Waals surface area contributed by atoms with Crippen LogP contribution in [0.5, 0.6) is 0 Å². The Bertz CT molecular complexity index is 573. The highest BCUT2D eigenvalue weighted by Crippen LogP contribution is 2.24. The van der Waals surface area contributed by atoms with Crippen LogP contribution in [0.25, 0.3) is 11.3 Å². The van der Waals surface area contributed by atoms with Crippen molar-refractivity contribution in [1.29, 1.82) is 0 Å². The molecule has 0 spiro atoms. The molecule has 0 saturated heterocycles. The van der Waals surface area contributed by atoms with Gasteiger partial charge in [0.15, 0.2) is 11.6 Å². The van der Waals surface area contributed by atoms with Gasteiger partial charge in [0, 0.05) is 18.1 Å². The Morgan fingerprint density at radius 3 is 2.72 bits per heavy atom. The van der Waals surface area contributed by atoms with E-state index in [1.165, 1.54) is 18.2 Å². The van der Waals surface area contributed by atoms with Crippen molar-refractivity contribution in [2.75, 3.05) is 0 Å². The summed E-state index contributed by atoms with van der Waals surface area (Å²) in [6, 6.07) is 5.39. The highest BCUT2D eigenvalue weighted by molar-refractivity contribution is 6.29. The zero-order valence-electron chi connectivity index (χ0n) is 9.75. The molecule has 0 radical (unpaired) electrons. The lowest BCUT2D eigenvalue weighted by atomic mass is 10.1. The highest BCUT2D eigenvalue weighted by atomic mass is 35.5. The maximum atomic E-state index is 13.7. The van der Waals surface area contributed by atoms with Gasteiger partial charge in [-0.15, -0.1) is 0 Å². The second-order valence-electron chi connectivity index (χ2n) is 3.84. The lowest BCUT2D eigenvalue weighted by Gasteiger charge is -2.06. The van der Waals surface area contributed by atoms with Gasteiger partial charge in [-0.2, -0.15) is 0 Å². The SMILES string of the molecule is CCCc1nc(Cl)cc(-c2cccc(F)c2F)n1. The molecule has 5 heteroatoms. The molecule has 0 unspecified atom stereocenters. The predicted octanol–water partition coefficient (Wildman–Crippen LogP) is 4.03. The number of rotatable bonds is 3. The molecule has 1 aromatic carbocycles. The van der Waals surface area contributed by atoms with Gasteiger partial charge in [0.2, 0.25) is 0 Å². The molecule has 2 aromatic rings. The first kappa shape index (κ1) is 12.9. The van der Waals surface area contributed by atoms with E-state index in [9.17, 15) is 8.78 Å². The normalized spacial score (nSPS) is 10.7. The molecule has 0 aliphatic heterocycles. The first-order chi connectivity index (χ1) is 8.61. The molecule has 1 heterocycles. The molecule has 1 aromatic heterocycles. The van der Waals surface area contributed by atoms with Gasteiger partial charge >= 0.3 is 0 Å². The van der Waals surface area contributed by atoms with Crippen molar-refractivity contribution in [3.63, 3.8) is 0 Å². The minimum atomic E-state index is -0.922. The van der Waals surface area contributed by atoms with Crippen LogP contribution in [-0.4, -0.2) is 9.97 Å². The topological polar surface area (TPSA) is 25.8 Å². The average molecular weight is 269 g/mol. The van der Waals surface area contributed by atoms with E-state index in [0.717, 1.165) is 12.5 Å². The van der Waals surface area contributed by atoms with Crippen LogP contribution in [-0.2, 0) is 6.42 Å². The van der Waals surface area contributed by atoms with E-state index in [4.69, 9.17) is 11.6 Å². The van der Waals surface area contributed by atoms with Gasteiger partial charge in [-0.3, -0.25) is 0 Å². The zero-order chi connectivity index (χ0) is 13.1. The lowest BCUT2D eigenvalue weighted by Crippen LogP contribution is -1.99. The minimum Gasteiger partial charge on any atom is -0.233 e. The van der Waals surface area contributed by atoms with Gasteiger partial charge in [0.05, 0.1) is 5.69 Å². The Morgan fingerprint density at radius 2 is 2.00 bits per heavy atom. The van der Waals surface area contributed by atoms with Crippen LogP contribution < -0.4 is 0 Å². The maximum absolute atomic E-state index is 13.7. The summed E-state index contributed by atoms with van der Waals surface area (Å²) >= 11 is 5.86. The van der Waals surface area contributed by atoms with Gasteiger partial charge < -0.3 is 0 Å². The lowest BCUT2D eigenvalue weighted by molar-refractivity contribution is 0.511. The number of hydrogen-bond acceptors (Lipinski definition) is 2. The van der Waals surface area contributed by atoms with Crippen molar-refractivity contribution >= 4 is 11.6 Å². The molecule has 2 rings (SSSR count). The molecule has 0 fully saturated rings. The predicted molar refractivity (Wildman–Crippen MR) is 66.4 cm³/mol. The summed E-state index contributed by atoms with van der Waals surface area (Å²) in [4.78, 5) is 8.23. The van der Waals surface area contributed by atoms with Gasteiger partial charge in [0.25, 0.3) is 0 Å². The fourth-order valence-electron chi connectivity index (χ4n) is 1.64. The third-order valence-corrected chi connectivity index (χ3v) is 2.64. The molecule has 0 N–H and O–H groups in total. The maximum Gasteiger partial charge on any atom is 0.168 e. The number of hydrogen-bond donors (Lipinski definition) is 0. The molecule has 0 saturated carbocycles. The highest BCUT2D eigenvalue weighted by Gasteiger charge is 2.12. The summed E-state index contributed by atoms with van der Waals surface area (Å²) in [5.41, 5.74) is 0.395. The van der Waals surface area contributed by atoms with E-state index >= 15 is 0 Å². The molecule has 0 aliphatic rings. The summed E-state index contributed by atoms with van der Waals surface area (Å²) < 4.78 is 26.8. The molecule has 0 bridgehead atoms. The van der Waals surface area contributed by atoms with E-state index in [-0.39, 0.29) is 10.7 Å². The molecular formula is C13H11ClF2N2. The van der Waals surface area contributed by atoms with Crippen LogP contribution in [0.2, 0.25) is 5.15 Å². The Balaban J connectivity index is 2.53. The first-order valence-corrected chi connectivity index (χ1v) is 5.97. The molecule has 2 nitrogen and oxygen atoms in total. The molecule has 18 heavy (non-hydrogen) atoms. The smallest absolute Gasteiger partial charge is 0.168 e. The summed E-state index contributed by atoms with van der Waals surface area (Å²) in [6.07, 6.45) is 1.50. The van der Waals surface area contributed by atoms with Gasteiger partial charge in [-0.25, -0.2) is 18.7 Å². The van der Waals surface area contributed by atoms with E-state index in [0.29, 0.717) is 17.9 Å². The van der Waals surface area contributed by atoms with Crippen molar-refractivity contribution in [2.45, 2.75) is 19.8 Å². The zero-order valence-corrected chi connectivity index (χ0v) is 10.5. The largest absolute Gasteiger partial charge is 0.233 e. The fraction of sp³-hybridized carbons (Fsp3) is 0.231. The summed E-state index contributed by atoms with van der Waals surface area (Å²) in [6.45, 7) is 1.98. The second-order valence-corrected chi connectivity index (χ2v) is 4.23. The Kier molecular flexibility index (Phi) is 3.87. The number of nitrogens with zero attached hydrogens (tertiary/aromatic N) is 2. The van der Waals surface area contributed by atoms with Crippen LogP contribution >= 0.6 is 11.6 Å². The number of halogens is 3. The van der Waals surface area contributed by atoms with E-state index in [2.05, 4.69) is 9.97 Å². The van der Waals surface area contributed by atoms with Crippen molar-refractivity contribution in [3.8, 4) is 11.3 Å². The van der Waals surface area contributed by atoms with Gasteiger partial charge in [0.1, 0.15) is 11.0 Å². The molecule has 94 valence electrons. The molecule has 0 amide bonds. The molecule has 0 atom stereocenters. The number of benzene rings is 1. The van der Waals surface area contributed by atoms with Crippen molar-refractivity contribution in [1.82, 2.24) is 9.97 Å². The third-order valence-electron chi connectivity index (χ3n) is 2.44. The van der Waals surface area contributed by atoms with Crippen LogP contribution in [0.1, 0.15) is 19.2 Å². The quantitative estimate of drug-likeness (QED) is 0.786. The Labute approximate surface area is 109 Å². The standard InChI is InChI=1S/C13H11ClF2N2/c1-2-4-12-17-10(7-11(14)18-12)8-5-3-6-9(15)13(8)16/h3,5-7H,2,4H2,1H3. The number of aryl methyl sites for hydroxylation is 1. The van der Waals surface area contributed by atoms with Gasteiger partial charge in [-0.05, 0) is 18.6 Å². The second kappa shape index (κ2) is 5.40. The third kappa shape index (κ3) is 2.64. The average Bonchev–Trinajstić information content (AvgIpc) is 2.32. The number of aromatic nitrogens is 2. The van der Waals surface area contributed by atoms with Gasteiger partial charge in [-0.1, -0.05) is 24.6 Å². The summed E-state index contributed by atoms with van der Waals surface area (Å²) in [5.74, 6) is -1.29. The summed E-state index contributed by atoms with van der Waals surface area (Å²) in [7, 11) is 0. The van der Waals surface area contributed by atoms with E-state index in [1.54, 1.807) is 0 Å². The monoisotopic (exact) mass is 268 g/mol. The van der Waals surface area contributed by atoms with Crippen molar-refractivity contribution in [2.24, 2.45) is 0 Å².